The van der Waals surface area contributed by atoms with E-state index in [2.05, 4.69) is 29.1 Å². The van der Waals surface area contributed by atoms with Gasteiger partial charge in [-0.05, 0) is 18.6 Å². The molecular weight excluding hydrogens is 236 g/mol. The van der Waals surface area contributed by atoms with E-state index in [1.54, 1.807) is 10.9 Å². The van der Waals surface area contributed by atoms with Crippen LogP contribution in [-0.2, 0) is 13.5 Å². The summed E-state index contributed by atoms with van der Waals surface area (Å²) in [6.45, 7) is 2.10. The molecule has 0 unspecified atom stereocenters. The number of fused-ring (bicyclic) bond motifs is 1. The average molecular weight is 252 g/mol. The molecule has 0 bridgehead atoms. The Morgan fingerprint density at radius 2 is 2.05 bits per heavy atom. The molecule has 2 heterocycles. The Balaban J connectivity index is 2.33. The van der Waals surface area contributed by atoms with Crippen molar-refractivity contribution < 1.29 is 0 Å². The zero-order chi connectivity index (χ0) is 13.4. The molecule has 0 saturated carbocycles. The van der Waals surface area contributed by atoms with E-state index in [9.17, 15) is 0 Å². The molecule has 96 valence electrons. The van der Waals surface area contributed by atoms with Crippen LogP contribution in [-0.4, -0.2) is 14.8 Å². The lowest BCUT2D eigenvalue weighted by Crippen LogP contribution is -1.98. The summed E-state index contributed by atoms with van der Waals surface area (Å²) in [6.07, 6.45) is 2.67. The maximum Gasteiger partial charge on any atom is 0.125 e. The van der Waals surface area contributed by atoms with E-state index in [4.69, 9.17) is 5.73 Å². The van der Waals surface area contributed by atoms with Crippen molar-refractivity contribution in [2.45, 2.75) is 13.3 Å². The highest BCUT2D eigenvalue weighted by atomic mass is 15.3. The maximum atomic E-state index is 6.08. The zero-order valence-electron chi connectivity index (χ0n) is 11.1. The molecule has 2 N–H and O–H groups in total. The van der Waals surface area contributed by atoms with Crippen molar-refractivity contribution in [1.29, 1.82) is 0 Å². The highest BCUT2D eigenvalue weighted by Gasteiger charge is 2.15. The molecule has 0 fully saturated rings. The van der Waals surface area contributed by atoms with Gasteiger partial charge >= 0.3 is 0 Å². The van der Waals surface area contributed by atoms with Gasteiger partial charge in [0.1, 0.15) is 5.82 Å². The summed E-state index contributed by atoms with van der Waals surface area (Å²) in [5, 5.41) is 5.67. The highest BCUT2D eigenvalue weighted by Crippen LogP contribution is 2.31. The molecule has 2 aromatic heterocycles. The second-order valence-corrected chi connectivity index (χ2v) is 4.57. The van der Waals surface area contributed by atoms with E-state index >= 15 is 0 Å². The molecular formula is C15H16N4. The van der Waals surface area contributed by atoms with Gasteiger partial charge in [-0.3, -0.25) is 9.67 Å². The number of nitrogens with zero attached hydrogens (tertiary/aromatic N) is 3. The van der Waals surface area contributed by atoms with Crippen molar-refractivity contribution in [3.8, 4) is 11.3 Å². The molecule has 4 heteroatoms. The number of hydrogen-bond donors (Lipinski definition) is 1. The quantitative estimate of drug-likeness (QED) is 0.763. The number of benzene rings is 1. The maximum absolute atomic E-state index is 6.08. The van der Waals surface area contributed by atoms with Crippen molar-refractivity contribution in [2.75, 3.05) is 5.73 Å². The van der Waals surface area contributed by atoms with Crippen molar-refractivity contribution in [1.82, 2.24) is 14.8 Å². The van der Waals surface area contributed by atoms with E-state index < -0.39 is 0 Å². The topological polar surface area (TPSA) is 56.7 Å². The summed E-state index contributed by atoms with van der Waals surface area (Å²) >= 11 is 0. The molecule has 0 aliphatic rings. The Labute approximate surface area is 111 Å². The largest absolute Gasteiger partial charge is 0.384 e. The lowest BCUT2D eigenvalue weighted by Gasteiger charge is -2.05. The first-order valence-electron chi connectivity index (χ1n) is 6.37. The molecule has 3 aromatic rings. The first kappa shape index (κ1) is 11.7. The van der Waals surface area contributed by atoms with E-state index in [0.29, 0.717) is 0 Å². The molecule has 0 radical (unpaired) electrons. The van der Waals surface area contributed by atoms with E-state index in [0.717, 1.165) is 40.0 Å². The number of hydrogen-bond acceptors (Lipinski definition) is 3. The monoisotopic (exact) mass is 252 g/mol. The van der Waals surface area contributed by atoms with Crippen LogP contribution in [0.1, 0.15) is 12.5 Å². The molecule has 0 aliphatic heterocycles. The molecule has 0 spiro atoms. The summed E-state index contributed by atoms with van der Waals surface area (Å²) in [5.74, 6) is 0.735. The van der Waals surface area contributed by atoms with E-state index in [1.165, 1.54) is 0 Å². The molecule has 19 heavy (non-hydrogen) atoms. The van der Waals surface area contributed by atoms with Gasteiger partial charge in [0.25, 0.3) is 0 Å². The minimum atomic E-state index is 0.735. The van der Waals surface area contributed by atoms with Gasteiger partial charge in [0.15, 0.2) is 0 Å². The van der Waals surface area contributed by atoms with Crippen molar-refractivity contribution >= 4 is 16.7 Å². The lowest BCUT2D eigenvalue weighted by atomic mass is 10.0. The number of anilines is 1. The van der Waals surface area contributed by atoms with Gasteiger partial charge in [0, 0.05) is 29.8 Å². The summed E-state index contributed by atoms with van der Waals surface area (Å²) in [6, 6.07) is 10.1. The summed E-state index contributed by atoms with van der Waals surface area (Å²) in [7, 11) is 1.88. The predicted molar refractivity (Wildman–Crippen MR) is 77.7 cm³/mol. The Morgan fingerprint density at radius 1 is 1.21 bits per heavy atom. The van der Waals surface area contributed by atoms with Crippen LogP contribution in [0.15, 0.2) is 36.5 Å². The summed E-state index contributed by atoms with van der Waals surface area (Å²) < 4.78 is 1.74. The molecule has 1 aromatic carbocycles. The van der Waals surface area contributed by atoms with Crippen molar-refractivity contribution in [2.24, 2.45) is 7.05 Å². The average Bonchev–Trinajstić information content (AvgIpc) is 2.73. The van der Waals surface area contributed by atoms with Crippen LogP contribution in [0.4, 0.5) is 5.82 Å². The summed E-state index contributed by atoms with van der Waals surface area (Å²) in [4.78, 5) is 4.39. The van der Waals surface area contributed by atoms with Crippen LogP contribution in [0.3, 0.4) is 0 Å². The molecule has 3 rings (SSSR count). The highest BCUT2D eigenvalue weighted by molar-refractivity contribution is 5.94. The minimum Gasteiger partial charge on any atom is -0.384 e. The van der Waals surface area contributed by atoms with Crippen LogP contribution >= 0.6 is 0 Å². The Hall–Kier alpha value is -2.36. The third-order valence-electron chi connectivity index (χ3n) is 3.45. The molecule has 0 aliphatic carbocycles. The first-order chi connectivity index (χ1) is 9.22. The second-order valence-electron chi connectivity index (χ2n) is 4.57. The normalized spacial score (nSPS) is 11.1. The Kier molecular flexibility index (Phi) is 2.71. The van der Waals surface area contributed by atoms with Gasteiger partial charge in [0.05, 0.1) is 11.2 Å². The number of pyridine rings is 1. The smallest absolute Gasteiger partial charge is 0.125 e. The van der Waals surface area contributed by atoms with Crippen LogP contribution < -0.4 is 5.73 Å². The molecule has 0 saturated heterocycles. The van der Waals surface area contributed by atoms with Gasteiger partial charge in [-0.1, -0.05) is 25.1 Å². The third kappa shape index (κ3) is 1.76. The predicted octanol–water partition coefficient (Wildman–Crippen LogP) is 2.78. The van der Waals surface area contributed by atoms with Crippen molar-refractivity contribution in [3.63, 3.8) is 0 Å². The minimum absolute atomic E-state index is 0.735. The van der Waals surface area contributed by atoms with Gasteiger partial charge in [0.2, 0.25) is 0 Å². The lowest BCUT2D eigenvalue weighted by molar-refractivity contribution is 0.782. The number of aromatic nitrogens is 3. The standard InChI is InChI=1S/C15H16N4/c1-3-10-14(18-19(2)15(10)16)12-6-4-8-13-11(12)7-5-9-17-13/h4-9H,3,16H2,1-2H3. The summed E-state index contributed by atoms with van der Waals surface area (Å²) in [5.41, 5.74) is 10.2. The molecule has 4 nitrogen and oxygen atoms in total. The number of aryl methyl sites for hydroxylation is 1. The van der Waals surface area contributed by atoms with Crippen LogP contribution in [0.25, 0.3) is 22.2 Å². The number of nitrogens with two attached hydrogens (primary N) is 1. The van der Waals surface area contributed by atoms with Crippen LogP contribution in [0, 0.1) is 0 Å². The SMILES string of the molecule is CCc1c(-c2cccc3ncccc23)nn(C)c1N. The first-order valence-corrected chi connectivity index (χ1v) is 6.37. The van der Waals surface area contributed by atoms with Gasteiger partial charge in [-0.2, -0.15) is 5.10 Å². The van der Waals surface area contributed by atoms with Crippen molar-refractivity contribution in [3.05, 3.63) is 42.1 Å². The Bertz CT molecular complexity index is 738. The van der Waals surface area contributed by atoms with Gasteiger partial charge < -0.3 is 5.73 Å². The third-order valence-corrected chi connectivity index (χ3v) is 3.45. The fraction of sp³-hybridized carbons (Fsp3) is 0.200. The number of rotatable bonds is 2. The molecule has 0 amide bonds. The van der Waals surface area contributed by atoms with Crippen LogP contribution in [0.2, 0.25) is 0 Å². The van der Waals surface area contributed by atoms with E-state index in [-0.39, 0.29) is 0 Å². The zero-order valence-corrected chi connectivity index (χ0v) is 11.1. The fourth-order valence-corrected chi connectivity index (χ4v) is 2.46. The van der Waals surface area contributed by atoms with Gasteiger partial charge in [-0.15, -0.1) is 0 Å². The molecule has 0 atom stereocenters. The van der Waals surface area contributed by atoms with E-state index in [1.807, 2.05) is 25.2 Å². The second kappa shape index (κ2) is 4.39. The Morgan fingerprint density at radius 3 is 2.84 bits per heavy atom. The number of nitrogen functional groups attached to an aromatic ring is 1. The van der Waals surface area contributed by atoms with Gasteiger partial charge in [-0.25, -0.2) is 0 Å². The van der Waals surface area contributed by atoms with Crippen LogP contribution in [0.5, 0.6) is 0 Å². The fourth-order valence-electron chi connectivity index (χ4n) is 2.46.